The molecule has 2 fully saturated rings. The van der Waals surface area contributed by atoms with Gasteiger partial charge in [0.2, 0.25) is 11.8 Å². The van der Waals surface area contributed by atoms with Crippen LogP contribution in [0.1, 0.15) is 32.1 Å². The number of halogens is 2. The van der Waals surface area contributed by atoms with E-state index in [1.54, 1.807) is 4.90 Å². The highest BCUT2D eigenvalue weighted by Gasteiger charge is 2.39. The van der Waals surface area contributed by atoms with Gasteiger partial charge in [-0.15, -0.1) is 0 Å². The van der Waals surface area contributed by atoms with Crippen molar-refractivity contribution in [1.82, 2.24) is 4.90 Å². The predicted molar refractivity (Wildman–Crippen MR) is 65.5 cm³/mol. The summed E-state index contributed by atoms with van der Waals surface area (Å²) < 4.78 is 31.5. The number of amides is 1. The average Bonchev–Trinajstić information content (AvgIpc) is 2.37. The van der Waals surface area contributed by atoms with Gasteiger partial charge in [-0.25, -0.2) is 8.78 Å². The second kappa shape index (κ2) is 6.03. The van der Waals surface area contributed by atoms with Crippen LogP contribution < -0.4 is 0 Å². The van der Waals surface area contributed by atoms with Crippen molar-refractivity contribution in [3.63, 3.8) is 0 Å². The number of carboxylic acid groups (broad SMARTS) is 1. The molecule has 2 aliphatic rings. The van der Waals surface area contributed by atoms with E-state index in [0.29, 0.717) is 13.2 Å². The SMILES string of the molecule is O=C(O)C[C@@H]1CN(C(=O)C2CCC(F)(F)CC2)CCO1. The molecule has 0 spiro atoms. The van der Waals surface area contributed by atoms with Crippen LogP contribution in [-0.2, 0) is 14.3 Å². The number of ether oxygens (including phenoxy) is 1. The van der Waals surface area contributed by atoms with Crippen LogP contribution >= 0.6 is 0 Å². The molecule has 5 nitrogen and oxygen atoms in total. The lowest BCUT2D eigenvalue weighted by Crippen LogP contribution is -2.49. The first kappa shape index (κ1) is 15.2. The average molecular weight is 291 g/mol. The number of hydrogen-bond acceptors (Lipinski definition) is 3. The minimum Gasteiger partial charge on any atom is -0.481 e. The second-order valence-corrected chi connectivity index (χ2v) is 5.51. The van der Waals surface area contributed by atoms with Crippen LogP contribution in [0.5, 0.6) is 0 Å². The largest absolute Gasteiger partial charge is 0.481 e. The Morgan fingerprint density at radius 2 is 1.95 bits per heavy atom. The molecule has 1 atom stereocenters. The minimum absolute atomic E-state index is 0.140. The van der Waals surface area contributed by atoms with Crippen LogP contribution in [0.15, 0.2) is 0 Å². The van der Waals surface area contributed by atoms with Crippen LogP contribution in [0.4, 0.5) is 8.78 Å². The molecule has 2 rings (SSSR count). The Morgan fingerprint density at radius 3 is 2.55 bits per heavy atom. The summed E-state index contributed by atoms with van der Waals surface area (Å²) in [6.45, 7) is 0.937. The molecule has 0 bridgehead atoms. The molecule has 0 unspecified atom stereocenters. The van der Waals surface area contributed by atoms with Gasteiger partial charge in [0.1, 0.15) is 0 Å². The molecule has 1 saturated carbocycles. The van der Waals surface area contributed by atoms with Crippen molar-refractivity contribution < 1.29 is 28.2 Å². The molecule has 1 heterocycles. The smallest absolute Gasteiger partial charge is 0.306 e. The third-order valence-electron chi connectivity index (χ3n) is 3.92. The van der Waals surface area contributed by atoms with Crippen molar-refractivity contribution in [2.24, 2.45) is 5.92 Å². The topological polar surface area (TPSA) is 66.8 Å². The first-order valence-electron chi connectivity index (χ1n) is 6.87. The maximum absolute atomic E-state index is 13.1. The number of rotatable bonds is 3. The molecule has 7 heteroatoms. The molecule has 1 N–H and O–H groups in total. The van der Waals surface area contributed by atoms with Crippen molar-refractivity contribution in [2.75, 3.05) is 19.7 Å². The molecule has 1 amide bonds. The predicted octanol–water partition coefficient (Wildman–Crippen LogP) is 1.51. The third-order valence-corrected chi connectivity index (χ3v) is 3.92. The fraction of sp³-hybridized carbons (Fsp3) is 0.846. The lowest BCUT2D eigenvalue weighted by Gasteiger charge is -2.36. The fourth-order valence-electron chi connectivity index (χ4n) is 2.78. The van der Waals surface area contributed by atoms with Crippen molar-refractivity contribution in [3.8, 4) is 0 Å². The first-order chi connectivity index (χ1) is 9.37. The zero-order chi connectivity index (χ0) is 14.8. The molecular formula is C13H19F2NO4. The number of alkyl halides is 2. The summed E-state index contributed by atoms with van der Waals surface area (Å²) >= 11 is 0. The van der Waals surface area contributed by atoms with Gasteiger partial charge in [-0.3, -0.25) is 9.59 Å². The van der Waals surface area contributed by atoms with E-state index in [9.17, 15) is 18.4 Å². The van der Waals surface area contributed by atoms with Gasteiger partial charge in [0, 0.05) is 31.8 Å². The molecular weight excluding hydrogens is 272 g/mol. The molecule has 0 aromatic rings. The number of morpholine rings is 1. The van der Waals surface area contributed by atoms with Gasteiger partial charge in [0.25, 0.3) is 0 Å². The van der Waals surface area contributed by atoms with Gasteiger partial charge in [-0.05, 0) is 12.8 Å². The molecule has 20 heavy (non-hydrogen) atoms. The Hall–Kier alpha value is -1.24. The summed E-state index contributed by atoms with van der Waals surface area (Å²) in [5.41, 5.74) is 0. The van der Waals surface area contributed by atoms with Crippen LogP contribution in [0.3, 0.4) is 0 Å². The molecule has 0 aromatic heterocycles. The quantitative estimate of drug-likeness (QED) is 0.856. The van der Waals surface area contributed by atoms with E-state index >= 15 is 0 Å². The Morgan fingerprint density at radius 1 is 1.30 bits per heavy atom. The number of nitrogens with zero attached hydrogens (tertiary/aromatic N) is 1. The van der Waals surface area contributed by atoms with Crippen molar-refractivity contribution in [2.45, 2.75) is 44.1 Å². The number of carbonyl (C=O) groups is 2. The summed E-state index contributed by atoms with van der Waals surface area (Å²) in [7, 11) is 0. The molecule has 1 aliphatic heterocycles. The summed E-state index contributed by atoms with van der Waals surface area (Å²) in [5.74, 6) is -4.12. The summed E-state index contributed by atoms with van der Waals surface area (Å²) in [5, 5.41) is 8.73. The standard InChI is InChI=1S/C13H19F2NO4/c14-13(15)3-1-9(2-4-13)12(19)16-5-6-20-10(8-16)7-11(17)18/h9-10H,1-8H2,(H,17,18)/t10-/m1/s1. The van der Waals surface area contributed by atoms with Gasteiger partial charge in [-0.1, -0.05) is 0 Å². The lowest BCUT2D eigenvalue weighted by molar-refractivity contribution is -0.152. The summed E-state index contributed by atoms with van der Waals surface area (Å²) in [4.78, 5) is 24.5. The highest BCUT2D eigenvalue weighted by molar-refractivity contribution is 5.79. The Balaban J connectivity index is 1.87. The molecule has 114 valence electrons. The van der Waals surface area contributed by atoms with Gasteiger partial charge in [0.05, 0.1) is 19.1 Å². The third kappa shape index (κ3) is 3.88. The number of aliphatic carboxylic acids is 1. The number of carbonyl (C=O) groups excluding carboxylic acids is 1. The fourth-order valence-corrected chi connectivity index (χ4v) is 2.78. The van der Waals surface area contributed by atoms with Gasteiger partial charge in [0.15, 0.2) is 0 Å². The number of hydrogen-bond donors (Lipinski definition) is 1. The van der Waals surface area contributed by atoms with Gasteiger partial charge < -0.3 is 14.7 Å². The van der Waals surface area contributed by atoms with Crippen molar-refractivity contribution in [3.05, 3.63) is 0 Å². The number of carboxylic acids is 1. The first-order valence-corrected chi connectivity index (χ1v) is 6.87. The molecule has 1 aliphatic carbocycles. The van der Waals surface area contributed by atoms with Crippen molar-refractivity contribution >= 4 is 11.9 Å². The molecule has 0 aromatic carbocycles. The van der Waals surface area contributed by atoms with Crippen molar-refractivity contribution in [1.29, 1.82) is 0 Å². The monoisotopic (exact) mass is 291 g/mol. The lowest BCUT2D eigenvalue weighted by atomic mass is 9.85. The van der Waals surface area contributed by atoms with Gasteiger partial charge >= 0.3 is 5.97 Å². The van der Waals surface area contributed by atoms with Crippen LogP contribution in [-0.4, -0.2) is 53.6 Å². The maximum Gasteiger partial charge on any atom is 0.306 e. The summed E-state index contributed by atoms with van der Waals surface area (Å²) in [6, 6.07) is 0. The van der Waals surface area contributed by atoms with Crippen LogP contribution in [0.2, 0.25) is 0 Å². The maximum atomic E-state index is 13.1. The van der Waals surface area contributed by atoms with E-state index in [2.05, 4.69) is 0 Å². The van der Waals surface area contributed by atoms with E-state index in [4.69, 9.17) is 9.84 Å². The summed E-state index contributed by atoms with van der Waals surface area (Å²) in [6.07, 6.45) is -0.736. The highest BCUT2D eigenvalue weighted by atomic mass is 19.3. The van der Waals surface area contributed by atoms with Crippen LogP contribution in [0, 0.1) is 5.92 Å². The van der Waals surface area contributed by atoms with E-state index in [0.717, 1.165) is 0 Å². The second-order valence-electron chi connectivity index (χ2n) is 5.51. The van der Waals surface area contributed by atoms with E-state index < -0.39 is 18.0 Å². The zero-order valence-corrected chi connectivity index (χ0v) is 11.2. The van der Waals surface area contributed by atoms with E-state index in [1.165, 1.54) is 0 Å². The van der Waals surface area contributed by atoms with Gasteiger partial charge in [-0.2, -0.15) is 0 Å². The minimum atomic E-state index is -2.65. The Labute approximate surface area is 115 Å². The van der Waals surface area contributed by atoms with E-state index in [1.807, 2.05) is 0 Å². The van der Waals surface area contributed by atoms with E-state index in [-0.39, 0.29) is 50.5 Å². The highest BCUT2D eigenvalue weighted by Crippen LogP contribution is 2.37. The Kier molecular flexibility index (Phi) is 4.57. The Bertz CT molecular complexity index is 379. The zero-order valence-electron chi connectivity index (χ0n) is 11.2. The molecule has 0 radical (unpaired) electrons. The molecule has 1 saturated heterocycles. The normalized spacial score (nSPS) is 27.3. The van der Waals surface area contributed by atoms with Crippen LogP contribution in [0.25, 0.3) is 0 Å².